The Morgan fingerprint density at radius 2 is 2.12 bits per heavy atom. The number of nitrogens with zero attached hydrogens (tertiary/aromatic N) is 2. The third-order valence-electron chi connectivity index (χ3n) is 3.13. The molecule has 1 aliphatic heterocycles. The van der Waals surface area contributed by atoms with Crippen LogP contribution in [0.25, 0.3) is 6.08 Å². The SMILES string of the molecule is CCN1CCC(=Cc2ccc(N)nc2)CC1. The molecule has 1 saturated heterocycles. The van der Waals surface area contributed by atoms with E-state index in [0.29, 0.717) is 5.82 Å². The molecule has 0 bridgehead atoms. The van der Waals surface area contributed by atoms with Crippen LogP contribution in [0, 0.1) is 0 Å². The summed E-state index contributed by atoms with van der Waals surface area (Å²) in [5.74, 6) is 0.586. The van der Waals surface area contributed by atoms with Crippen molar-refractivity contribution < 1.29 is 0 Å². The van der Waals surface area contributed by atoms with Crippen molar-refractivity contribution in [2.45, 2.75) is 19.8 Å². The van der Waals surface area contributed by atoms with Gasteiger partial charge in [-0.15, -0.1) is 0 Å². The second-order valence-corrected chi connectivity index (χ2v) is 4.25. The number of hydrogen-bond acceptors (Lipinski definition) is 3. The minimum absolute atomic E-state index is 0.586. The van der Waals surface area contributed by atoms with E-state index in [9.17, 15) is 0 Å². The van der Waals surface area contributed by atoms with Gasteiger partial charge in [-0.05, 0) is 37.1 Å². The first-order chi connectivity index (χ1) is 7.78. The molecule has 3 nitrogen and oxygen atoms in total. The molecule has 0 atom stereocenters. The fourth-order valence-electron chi connectivity index (χ4n) is 2.04. The molecule has 2 N–H and O–H groups in total. The van der Waals surface area contributed by atoms with Crippen LogP contribution in [0.1, 0.15) is 25.3 Å². The Morgan fingerprint density at radius 1 is 1.38 bits per heavy atom. The van der Waals surface area contributed by atoms with Crippen molar-refractivity contribution in [1.82, 2.24) is 9.88 Å². The van der Waals surface area contributed by atoms with E-state index in [-0.39, 0.29) is 0 Å². The Bertz CT molecular complexity index is 357. The highest BCUT2D eigenvalue weighted by Gasteiger charge is 2.11. The molecular formula is C13H19N3. The smallest absolute Gasteiger partial charge is 0.123 e. The van der Waals surface area contributed by atoms with Crippen molar-refractivity contribution in [1.29, 1.82) is 0 Å². The van der Waals surface area contributed by atoms with E-state index in [1.54, 1.807) is 0 Å². The predicted molar refractivity (Wildman–Crippen MR) is 68.0 cm³/mol. The molecule has 16 heavy (non-hydrogen) atoms. The lowest BCUT2D eigenvalue weighted by molar-refractivity contribution is 0.270. The van der Waals surface area contributed by atoms with Crippen molar-refractivity contribution >= 4 is 11.9 Å². The second kappa shape index (κ2) is 5.12. The zero-order valence-electron chi connectivity index (χ0n) is 9.82. The number of likely N-dealkylation sites (tertiary alicyclic amines) is 1. The fraction of sp³-hybridized carbons (Fsp3) is 0.462. The van der Waals surface area contributed by atoms with Crippen molar-refractivity contribution in [3.8, 4) is 0 Å². The zero-order chi connectivity index (χ0) is 11.4. The van der Waals surface area contributed by atoms with E-state index in [2.05, 4.69) is 22.9 Å². The number of nitrogen functional groups attached to an aromatic ring is 1. The van der Waals surface area contributed by atoms with E-state index in [1.807, 2.05) is 18.3 Å². The van der Waals surface area contributed by atoms with Crippen molar-refractivity contribution in [2.24, 2.45) is 0 Å². The molecular weight excluding hydrogens is 198 g/mol. The van der Waals surface area contributed by atoms with Crippen LogP contribution >= 0.6 is 0 Å². The van der Waals surface area contributed by atoms with Crippen LogP contribution in [0.5, 0.6) is 0 Å². The molecule has 2 heterocycles. The third kappa shape index (κ3) is 2.83. The Hall–Kier alpha value is -1.35. The Labute approximate surface area is 97.0 Å². The standard InChI is InChI=1S/C13H19N3/c1-2-16-7-5-11(6-8-16)9-12-3-4-13(14)15-10-12/h3-4,9-10H,2,5-8H2,1H3,(H2,14,15). The average molecular weight is 217 g/mol. The van der Waals surface area contributed by atoms with Gasteiger partial charge in [0.15, 0.2) is 0 Å². The molecule has 86 valence electrons. The van der Waals surface area contributed by atoms with Crippen LogP contribution in [-0.2, 0) is 0 Å². The van der Waals surface area contributed by atoms with Crippen LogP contribution in [0.2, 0.25) is 0 Å². The Balaban J connectivity index is 2.00. The lowest BCUT2D eigenvalue weighted by Gasteiger charge is -2.26. The molecule has 0 aromatic carbocycles. The molecule has 0 spiro atoms. The van der Waals surface area contributed by atoms with Gasteiger partial charge in [-0.1, -0.05) is 18.6 Å². The second-order valence-electron chi connectivity index (χ2n) is 4.25. The highest BCUT2D eigenvalue weighted by atomic mass is 15.1. The minimum Gasteiger partial charge on any atom is -0.384 e. The molecule has 0 radical (unpaired) electrons. The quantitative estimate of drug-likeness (QED) is 0.825. The van der Waals surface area contributed by atoms with Gasteiger partial charge in [0.2, 0.25) is 0 Å². The summed E-state index contributed by atoms with van der Waals surface area (Å²) in [6.45, 7) is 5.75. The molecule has 0 amide bonds. The summed E-state index contributed by atoms with van der Waals surface area (Å²) in [6, 6.07) is 3.88. The first-order valence-electron chi connectivity index (χ1n) is 5.91. The normalized spacial score (nSPS) is 17.4. The molecule has 3 heteroatoms. The van der Waals surface area contributed by atoms with Crippen molar-refractivity contribution in [3.05, 3.63) is 29.5 Å². The van der Waals surface area contributed by atoms with Crippen LogP contribution < -0.4 is 5.73 Å². The Morgan fingerprint density at radius 3 is 2.69 bits per heavy atom. The number of hydrogen-bond donors (Lipinski definition) is 1. The monoisotopic (exact) mass is 217 g/mol. The Kier molecular flexibility index (Phi) is 3.57. The van der Waals surface area contributed by atoms with E-state index in [0.717, 1.165) is 12.1 Å². The fourth-order valence-corrected chi connectivity index (χ4v) is 2.04. The van der Waals surface area contributed by atoms with Gasteiger partial charge in [0, 0.05) is 19.3 Å². The number of nitrogens with two attached hydrogens (primary N) is 1. The summed E-state index contributed by atoms with van der Waals surface area (Å²) in [5, 5.41) is 0. The van der Waals surface area contributed by atoms with Crippen LogP contribution in [0.4, 0.5) is 5.82 Å². The van der Waals surface area contributed by atoms with Gasteiger partial charge in [-0.25, -0.2) is 4.98 Å². The van der Waals surface area contributed by atoms with E-state index < -0.39 is 0 Å². The first kappa shape index (κ1) is 11.1. The van der Waals surface area contributed by atoms with Crippen LogP contribution in [0.3, 0.4) is 0 Å². The lowest BCUT2D eigenvalue weighted by atomic mass is 10.0. The maximum absolute atomic E-state index is 5.56. The highest BCUT2D eigenvalue weighted by molar-refractivity contribution is 5.53. The maximum Gasteiger partial charge on any atom is 0.123 e. The van der Waals surface area contributed by atoms with Gasteiger partial charge in [-0.3, -0.25) is 0 Å². The van der Waals surface area contributed by atoms with Crippen molar-refractivity contribution in [2.75, 3.05) is 25.4 Å². The number of aromatic nitrogens is 1. The summed E-state index contributed by atoms with van der Waals surface area (Å²) < 4.78 is 0. The summed E-state index contributed by atoms with van der Waals surface area (Å²) in [4.78, 5) is 6.58. The van der Waals surface area contributed by atoms with Gasteiger partial charge < -0.3 is 10.6 Å². The highest BCUT2D eigenvalue weighted by Crippen LogP contribution is 2.19. The predicted octanol–water partition coefficient (Wildman–Crippen LogP) is 2.16. The van der Waals surface area contributed by atoms with E-state index >= 15 is 0 Å². The number of piperidine rings is 1. The topological polar surface area (TPSA) is 42.1 Å². The molecule has 0 aliphatic carbocycles. The molecule has 1 aliphatic rings. The van der Waals surface area contributed by atoms with Gasteiger partial charge in [0.1, 0.15) is 5.82 Å². The summed E-state index contributed by atoms with van der Waals surface area (Å²) in [7, 11) is 0. The summed E-state index contributed by atoms with van der Waals surface area (Å²) in [6.07, 6.45) is 6.45. The number of pyridine rings is 1. The average Bonchev–Trinajstić information content (AvgIpc) is 2.33. The number of anilines is 1. The van der Waals surface area contributed by atoms with Crippen molar-refractivity contribution in [3.63, 3.8) is 0 Å². The number of rotatable bonds is 2. The lowest BCUT2D eigenvalue weighted by Crippen LogP contribution is -2.30. The van der Waals surface area contributed by atoms with Gasteiger partial charge in [0.25, 0.3) is 0 Å². The molecule has 0 unspecified atom stereocenters. The van der Waals surface area contributed by atoms with Gasteiger partial charge in [-0.2, -0.15) is 0 Å². The summed E-state index contributed by atoms with van der Waals surface area (Å²) in [5.41, 5.74) is 8.24. The zero-order valence-corrected chi connectivity index (χ0v) is 9.82. The molecule has 2 rings (SSSR count). The van der Waals surface area contributed by atoms with Gasteiger partial charge in [0.05, 0.1) is 0 Å². The largest absolute Gasteiger partial charge is 0.384 e. The first-order valence-corrected chi connectivity index (χ1v) is 5.91. The minimum atomic E-state index is 0.586. The molecule has 0 saturated carbocycles. The molecule has 1 fully saturated rings. The molecule has 1 aromatic heterocycles. The third-order valence-corrected chi connectivity index (χ3v) is 3.13. The van der Waals surface area contributed by atoms with E-state index in [4.69, 9.17) is 5.73 Å². The maximum atomic E-state index is 5.56. The summed E-state index contributed by atoms with van der Waals surface area (Å²) >= 11 is 0. The van der Waals surface area contributed by atoms with Crippen LogP contribution in [-0.4, -0.2) is 29.5 Å². The van der Waals surface area contributed by atoms with Crippen LogP contribution in [0.15, 0.2) is 23.9 Å². The van der Waals surface area contributed by atoms with E-state index in [1.165, 1.54) is 31.5 Å². The van der Waals surface area contributed by atoms with Gasteiger partial charge >= 0.3 is 0 Å². The molecule has 1 aromatic rings.